The molecular weight excluding hydrogens is 837 g/mol. The number of hydrogen-bond donors (Lipinski definition) is 1. The van der Waals surface area contributed by atoms with E-state index >= 15 is 0 Å². The van der Waals surface area contributed by atoms with Gasteiger partial charge in [-0.2, -0.15) is 0 Å². The first-order valence-electron chi connectivity index (χ1n) is 23.9. The van der Waals surface area contributed by atoms with Crippen molar-refractivity contribution in [2.24, 2.45) is 0 Å². The summed E-state index contributed by atoms with van der Waals surface area (Å²) < 4.78 is 9.35. The fourth-order valence-electron chi connectivity index (χ4n) is 11.5. The van der Waals surface area contributed by atoms with Crippen molar-refractivity contribution in [2.75, 3.05) is 5.32 Å². The highest BCUT2D eigenvalue weighted by atomic mass is 16.5. The minimum Gasteiger partial charge on any atom is -0.457 e. The maximum atomic E-state index is 6.98. The monoisotopic (exact) mass is 880 g/mol. The van der Waals surface area contributed by atoms with Crippen LogP contribution in [0.4, 0.5) is 5.69 Å². The molecule has 1 heterocycles. The molecule has 69 heavy (non-hydrogen) atoms. The zero-order valence-electron chi connectivity index (χ0n) is 37.7. The highest BCUT2D eigenvalue weighted by Gasteiger charge is 2.38. The number of nitrogens with one attached hydrogen (secondary N) is 1. The van der Waals surface area contributed by atoms with Crippen LogP contribution in [0, 0.1) is 0 Å². The second-order valence-corrected chi connectivity index (χ2v) is 18.4. The number of fused-ring (bicyclic) bond motifs is 11. The summed E-state index contributed by atoms with van der Waals surface area (Å²) in [5.74, 6) is 1.70. The van der Waals surface area contributed by atoms with Crippen molar-refractivity contribution in [1.29, 1.82) is 0 Å². The number of para-hydroxylation sites is 2. The minimum atomic E-state index is 0.0488. The molecular formula is C66H44N2O. The third-order valence-electron chi connectivity index (χ3n) is 14.5. The number of aromatic nitrogens is 1. The van der Waals surface area contributed by atoms with Gasteiger partial charge in [0.05, 0.1) is 22.8 Å². The van der Waals surface area contributed by atoms with E-state index < -0.39 is 0 Å². The van der Waals surface area contributed by atoms with E-state index in [0.29, 0.717) is 0 Å². The lowest BCUT2D eigenvalue weighted by atomic mass is 9.85. The summed E-state index contributed by atoms with van der Waals surface area (Å²) in [6, 6.07) is 85.6. The molecule has 0 fully saturated rings. The number of anilines is 1. The van der Waals surface area contributed by atoms with Crippen LogP contribution in [0.3, 0.4) is 0 Å². The molecule has 0 radical (unpaired) electrons. The van der Waals surface area contributed by atoms with E-state index in [2.05, 4.69) is 259 Å². The molecule has 3 nitrogen and oxygen atoms in total. The van der Waals surface area contributed by atoms with Crippen LogP contribution in [0.2, 0.25) is 0 Å². The van der Waals surface area contributed by atoms with Crippen molar-refractivity contribution < 1.29 is 4.74 Å². The quantitative estimate of drug-likeness (QED) is 0.154. The van der Waals surface area contributed by atoms with Gasteiger partial charge in [-0.1, -0.05) is 194 Å². The highest BCUT2D eigenvalue weighted by molar-refractivity contribution is 6.21. The van der Waals surface area contributed by atoms with E-state index in [1.807, 2.05) is 0 Å². The zero-order chi connectivity index (χ0) is 45.4. The van der Waals surface area contributed by atoms with Crippen LogP contribution in [0.5, 0.6) is 11.5 Å². The van der Waals surface area contributed by atoms with E-state index in [1.165, 1.54) is 87.6 Å². The Labute approximate surface area is 400 Å². The van der Waals surface area contributed by atoms with Crippen LogP contribution >= 0.6 is 0 Å². The fourth-order valence-corrected chi connectivity index (χ4v) is 11.5. The van der Waals surface area contributed by atoms with E-state index in [4.69, 9.17) is 4.74 Å². The van der Waals surface area contributed by atoms with Gasteiger partial charge in [-0.25, -0.2) is 0 Å². The first kappa shape index (κ1) is 39.3. The lowest BCUT2D eigenvalue weighted by Crippen LogP contribution is -2.25. The number of nitrogens with zero attached hydrogens (tertiary/aromatic N) is 1. The number of benzene rings is 11. The van der Waals surface area contributed by atoms with E-state index in [-0.39, 0.29) is 12.0 Å². The van der Waals surface area contributed by atoms with Crippen LogP contribution in [-0.4, -0.2) is 10.6 Å². The Kier molecular flexibility index (Phi) is 9.03. The Balaban J connectivity index is 0.870. The van der Waals surface area contributed by atoms with Crippen molar-refractivity contribution in [3.63, 3.8) is 0 Å². The first-order chi connectivity index (χ1) is 34.2. The Hall–Kier alpha value is -8.92. The summed E-state index contributed by atoms with van der Waals surface area (Å²) in [5.41, 5.74) is 15.6. The predicted octanol–water partition coefficient (Wildman–Crippen LogP) is 17.4. The van der Waals surface area contributed by atoms with Gasteiger partial charge in [-0.3, -0.25) is 0 Å². The largest absolute Gasteiger partial charge is 0.457 e. The molecule has 2 aliphatic rings. The van der Waals surface area contributed by atoms with Crippen molar-refractivity contribution in [3.8, 4) is 39.4 Å². The predicted molar refractivity (Wildman–Crippen MR) is 290 cm³/mol. The SMILES string of the molecule is C1=C(c2ccccc2)C=C2c3ccccc3C1C2Nc1cc(Oc2ccc(-c3c4ccccc4c(-c4ccc5ccccc5c4)c4ccccc34)cc2)cc(-n2c3ccccc3c3ccccc32)c1. The summed E-state index contributed by atoms with van der Waals surface area (Å²) in [7, 11) is 0. The molecule has 2 aliphatic carbocycles. The lowest BCUT2D eigenvalue weighted by molar-refractivity contribution is 0.483. The van der Waals surface area contributed by atoms with Gasteiger partial charge >= 0.3 is 0 Å². The molecule has 0 saturated heterocycles. The van der Waals surface area contributed by atoms with Gasteiger partial charge in [0, 0.05) is 34.5 Å². The summed E-state index contributed by atoms with van der Waals surface area (Å²) in [4.78, 5) is 0. The minimum absolute atomic E-state index is 0.0488. The summed E-state index contributed by atoms with van der Waals surface area (Å²) in [5, 5.41) is 13.9. The van der Waals surface area contributed by atoms with Crippen molar-refractivity contribution in [1.82, 2.24) is 4.57 Å². The number of hydrogen-bond acceptors (Lipinski definition) is 2. The third kappa shape index (κ3) is 6.50. The molecule has 2 atom stereocenters. The second-order valence-electron chi connectivity index (χ2n) is 18.4. The molecule has 1 aromatic heterocycles. The zero-order valence-corrected chi connectivity index (χ0v) is 37.7. The Morgan fingerprint density at radius 3 is 1.67 bits per heavy atom. The first-order valence-corrected chi connectivity index (χ1v) is 23.9. The molecule has 324 valence electrons. The fraction of sp³-hybridized carbons (Fsp3) is 0.0303. The smallest absolute Gasteiger partial charge is 0.131 e. The van der Waals surface area contributed by atoms with E-state index in [1.54, 1.807) is 0 Å². The maximum Gasteiger partial charge on any atom is 0.131 e. The van der Waals surface area contributed by atoms with E-state index in [0.717, 1.165) is 39.5 Å². The van der Waals surface area contributed by atoms with Gasteiger partial charge in [0.25, 0.3) is 0 Å². The van der Waals surface area contributed by atoms with Gasteiger partial charge in [0.15, 0.2) is 0 Å². The molecule has 14 rings (SSSR count). The van der Waals surface area contributed by atoms with Gasteiger partial charge < -0.3 is 14.6 Å². The van der Waals surface area contributed by atoms with Crippen LogP contribution < -0.4 is 10.1 Å². The van der Waals surface area contributed by atoms with Crippen LogP contribution in [0.15, 0.2) is 249 Å². The van der Waals surface area contributed by atoms with Crippen LogP contribution in [-0.2, 0) is 0 Å². The van der Waals surface area contributed by atoms with Gasteiger partial charge in [0.2, 0.25) is 0 Å². The highest BCUT2D eigenvalue weighted by Crippen LogP contribution is 2.50. The normalized spacial score (nSPS) is 15.1. The molecule has 0 aliphatic heterocycles. The third-order valence-corrected chi connectivity index (χ3v) is 14.5. The van der Waals surface area contributed by atoms with E-state index in [9.17, 15) is 0 Å². The standard InChI is InChI=1S/C66H44N2O/c1-2-16-42(17-3-1)47-37-60-52-20-6-7-21-53(52)61(38-47)66(60)67-48-39-49(68-62-28-14-12-22-54(62)55-23-13-15-29-63(55)68)41-51(40-48)69-50-34-32-44(33-35-50)64-56-24-8-10-26-58(56)65(59-27-11-9-25-57(59)64)46-31-30-43-18-4-5-19-45(43)36-46/h1-41,60,66-67H. The van der Waals surface area contributed by atoms with Crippen molar-refractivity contribution in [3.05, 3.63) is 265 Å². The average Bonchev–Trinajstić information content (AvgIpc) is 3.82. The summed E-state index contributed by atoms with van der Waals surface area (Å²) in [6.07, 6.45) is 4.83. The Bertz CT molecular complexity index is 3970. The second kappa shape index (κ2) is 15.9. The topological polar surface area (TPSA) is 26.2 Å². The molecule has 0 spiro atoms. The van der Waals surface area contributed by atoms with Crippen molar-refractivity contribution in [2.45, 2.75) is 12.0 Å². The Morgan fingerprint density at radius 1 is 0.406 bits per heavy atom. The van der Waals surface area contributed by atoms with Gasteiger partial charge in [-0.05, 0) is 125 Å². The van der Waals surface area contributed by atoms with Gasteiger partial charge in [0.1, 0.15) is 11.5 Å². The van der Waals surface area contributed by atoms with Gasteiger partial charge in [-0.15, -0.1) is 0 Å². The van der Waals surface area contributed by atoms with Crippen LogP contribution in [0.1, 0.15) is 22.6 Å². The summed E-state index contributed by atoms with van der Waals surface area (Å²) >= 11 is 0. The number of allylic oxidation sites excluding steroid dienone is 2. The van der Waals surface area contributed by atoms with Crippen LogP contribution in [0.25, 0.3) is 93.2 Å². The summed E-state index contributed by atoms with van der Waals surface area (Å²) in [6.45, 7) is 0. The molecule has 2 bridgehead atoms. The number of rotatable bonds is 8. The van der Waals surface area contributed by atoms with Crippen molar-refractivity contribution >= 4 is 71.0 Å². The molecule has 12 aromatic rings. The number of ether oxygens (including phenoxy) is 1. The molecule has 3 heteroatoms. The molecule has 0 amide bonds. The maximum absolute atomic E-state index is 6.98. The lowest BCUT2D eigenvalue weighted by Gasteiger charge is -2.27. The molecule has 11 aromatic carbocycles. The molecule has 1 N–H and O–H groups in total. The Morgan fingerprint density at radius 2 is 0.971 bits per heavy atom. The average molecular weight is 881 g/mol. The molecule has 0 saturated carbocycles. The molecule has 2 unspecified atom stereocenters.